The van der Waals surface area contributed by atoms with Crippen molar-refractivity contribution in [3.8, 4) is 0 Å². The Morgan fingerprint density at radius 2 is 1.76 bits per heavy atom. The Morgan fingerprint density at radius 3 is 2.18 bits per heavy atom. The van der Waals surface area contributed by atoms with Gasteiger partial charge in [-0.15, -0.1) is 0 Å². The van der Waals surface area contributed by atoms with Crippen molar-refractivity contribution in [2.75, 3.05) is 18.0 Å². The molecule has 0 aliphatic heterocycles. The Balaban J connectivity index is 1.69. The highest BCUT2D eigenvalue weighted by atomic mass is 79.9. The standard InChI is InChI=1S/C14H19BrN2/c15-7-13-5-6-14(16-8-13)17(9-11-1-2-11)10-12-3-4-12/h5-6,8,11-12H,1-4,7,9-10H2. The number of hydrogen-bond acceptors (Lipinski definition) is 2. The lowest BCUT2D eigenvalue weighted by atomic mass is 10.2. The molecule has 1 aromatic rings. The summed E-state index contributed by atoms with van der Waals surface area (Å²) in [5, 5.41) is 0.894. The highest BCUT2D eigenvalue weighted by Crippen LogP contribution is 2.35. The van der Waals surface area contributed by atoms with Gasteiger partial charge in [-0.1, -0.05) is 22.0 Å². The van der Waals surface area contributed by atoms with Gasteiger partial charge in [0, 0.05) is 24.6 Å². The van der Waals surface area contributed by atoms with Gasteiger partial charge in [0.15, 0.2) is 0 Å². The first kappa shape index (κ1) is 11.5. The molecular weight excluding hydrogens is 276 g/mol. The Morgan fingerprint density at radius 1 is 1.12 bits per heavy atom. The van der Waals surface area contributed by atoms with E-state index in [2.05, 4.69) is 37.9 Å². The van der Waals surface area contributed by atoms with Crippen molar-refractivity contribution < 1.29 is 0 Å². The maximum Gasteiger partial charge on any atom is 0.128 e. The molecule has 0 N–H and O–H groups in total. The number of aromatic nitrogens is 1. The second-order valence-corrected chi connectivity index (χ2v) is 6.01. The van der Waals surface area contributed by atoms with Crippen molar-refractivity contribution >= 4 is 21.7 Å². The zero-order chi connectivity index (χ0) is 11.7. The first-order valence-corrected chi connectivity index (χ1v) is 7.73. The van der Waals surface area contributed by atoms with Gasteiger partial charge >= 0.3 is 0 Å². The lowest BCUT2D eigenvalue weighted by Crippen LogP contribution is -2.28. The monoisotopic (exact) mass is 294 g/mol. The predicted octanol–water partition coefficient (Wildman–Crippen LogP) is 3.60. The number of nitrogens with zero attached hydrogens (tertiary/aromatic N) is 2. The molecular formula is C14H19BrN2. The summed E-state index contributed by atoms with van der Waals surface area (Å²) < 4.78 is 0. The third-order valence-electron chi connectivity index (χ3n) is 3.64. The smallest absolute Gasteiger partial charge is 0.128 e. The molecule has 1 heterocycles. The SMILES string of the molecule is BrCc1ccc(N(CC2CC2)CC2CC2)nc1. The van der Waals surface area contributed by atoms with Gasteiger partial charge in [-0.3, -0.25) is 0 Å². The fourth-order valence-corrected chi connectivity index (χ4v) is 2.50. The molecule has 1 aromatic heterocycles. The van der Waals surface area contributed by atoms with Gasteiger partial charge < -0.3 is 4.90 Å². The highest BCUT2D eigenvalue weighted by Gasteiger charge is 2.29. The predicted molar refractivity (Wildman–Crippen MR) is 74.5 cm³/mol. The minimum atomic E-state index is 0.894. The van der Waals surface area contributed by atoms with Gasteiger partial charge in [0.25, 0.3) is 0 Å². The topological polar surface area (TPSA) is 16.1 Å². The van der Waals surface area contributed by atoms with E-state index in [4.69, 9.17) is 0 Å². The molecule has 0 unspecified atom stereocenters. The first-order chi connectivity index (χ1) is 8.35. The molecule has 0 bridgehead atoms. The number of halogens is 1. The number of anilines is 1. The molecule has 2 fully saturated rings. The van der Waals surface area contributed by atoms with Gasteiger partial charge in [-0.05, 0) is 49.1 Å². The van der Waals surface area contributed by atoms with E-state index in [0.717, 1.165) is 17.2 Å². The third kappa shape index (κ3) is 3.21. The summed E-state index contributed by atoms with van der Waals surface area (Å²) in [7, 11) is 0. The fraction of sp³-hybridized carbons (Fsp3) is 0.643. The number of pyridine rings is 1. The van der Waals surface area contributed by atoms with Crippen LogP contribution >= 0.6 is 15.9 Å². The molecule has 3 heteroatoms. The summed E-state index contributed by atoms with van der Waals surface area (Å²) in [5.41, 5.74) is 1.26. The second-order valence-electron chi connectivity index (χ2n) is 5.45. The lowest BCUT2D eigenvalue weighted by molar-refractivity contribution is 0.671. The van der Waals surface area contributed by atoms with Crippen LogP contribution in [0.1, 0.15) is 31.2 Å². The van der Waals surface area contributed by atoms with E-state index in [-0.39, 0.29) is 0 Å². The largest absolute Gasteiger partial charge is 0.356 e. The van der Waals surface area contributed by atoms with Crippen molar-refractivity contribution in [2.45, 2.75) is 31.0 Å². The minimum Gasteiger partial charge on any atom is -0.356 e. The van der Waals surface area contributed by atoms with Crippen molar-refractivity contribution in [1.82, 2.24) is 4.98 Å². The zero-order valence-electron chi connectivity index (χ0n) is 10.1. The summed E-state index contributed by atoms with van der Waals surface area (Å²) in [6.07, 6.45) is 7.67. The van der Waals surface area contributed by atoms with Gasteiger partial charge in [0.2, 0.25) is 0 Å². The average Bonchev–Trinajstić information content (AvgIpc) is 3.23. The normalized spacial score (nSPS) is 19.4. The van der Waals surface area contributed by atoms with Gasteiger partial charge in [-0.25, -0.2) is 4.98 Å². The van der Waals surface area contributed by atoms with Gasteiger partial charge in [0.05, 0.1) is 0 Å². The quantitative estimate of drug-likeness (QED) is 0.745. The second kappa shape index (κ2) is 4.97. The molecule has 17 heavy (non-hydrogen) atoms. The van der Waals surface area contributed by atoms with E-state index < -0.39 is 0 Å². The molecule has 0 radical (unpaired) electrons. The van der Waals surface area contributed by atoms with Gasteiger partial charge in [-0.2, -0.15) is 0 Å². The molecule has 2 aliphatic carbocycles. The van der Waals surface area contributed by atoms with Gasteiger partial charge in [0.1, 0.15) is 5.82 Å². The summed E-state index contributed by atoms with van der Waals surface area (Å²) in [6.45, 7) is 2.44. The number of alkyl halides is 1. The Bertz CT molecular complexity index is 354. The summed E-state index contributed by atoms with van der Waals surface area (Å²) >= 11 is 3.47. The van der Waals surface area contributed by atoms with Crippen LogP contribution in [0.4, 0.5) is 5.82 Å². The molecule has 0 spiro atoms. The van der Waals surface area contributed by atoms with Crippen molar-refractivity contribution in [3.63, 3.8) is 0 Å². The molecule has 2 aliphatic rings. The average molecular weight is 295 g/mol. The maximum atomic E-state index is 4.61. The Kier molecular flexibility index (Phi) is 3.37. The van der Waals surface area contributed by atoms with Crippen LogP contribution in [0, 0.1) is 11.8 Å². The minimum absolute atomic E-state index is 0.894. The van der Waals surface area contributed by atoms with E-state index >= 15 is 0 Å². The zero-order valence-corrected chi connectivity index (χ0v) is 11.7. The summed E-state index contributed by atoms with van der Waals surface area (Å²) in [4.78, 5) is 7.11. The number of rotatable bonds is 6. The van der Waals surface area contributed by atoms with E-state index in [0.29, 0.717) is 0 Å². The van der Waals surface area contributed by atoms with Crippen LogP contribution in [0.25, 0.3) is 0 Å². The third-order valence-corrected chi connectivity index (χ3v) is 4.29. The Hall–Kier alpha value is -0.570. The first-order valence-electron chi connectivity index (χ1n) is 6.61. The van der Waals surface area contributed by atoms with Crippen LogP contribution in [0.5, 0.6) is 0 Å². The molecule has 0 amide bonds. The summed E-state index contributed by atoms with van der Waals surface area (Å²) in [6, 6.07) is 4.37. The molecule has 0 saturated heterocycles. The van der Waals surface area contributed by atoms with E-state index in [9.17, 15) is 0 Å². The van der Waals surface area contributed by atoms with Crippen molar-refractivity contribution in [2.24, 2.45) is 11.8 Å². The molecule has 2 nitrogen and oxygen atoms in total. The highest BCUT2D eigenvalue weighted by molar-refractivity contribution is 9.08. The molecule has 0 atom stereocenters. The number of hydrogen-bond donors (Lipinski definition) is 0. The van der Waals surface area contributed by atoms with Crippen LogP contribution in [0.3, 0.4) is 0 Å². The molecule has 92 valence electrons. The molecule has 2 saturated carbocycles. The van der Waals surface area contributed by atoms with Crippen LogP contribution in [-0.4, -0.2) is 18.1 Å². The van der Waals surface area contributed by atoms with Crippen LogP contribution in [0.15, 0.2) is 18.3 Å². The maximum absolute atomic E-state index is 4.61. The lowest BCUT2D eigenvalue weighted by Gasteiger charge is -2.23. The van der Waals surface area contributed by atoms with Crippen LogP contribution in [-0.2, 0) is 5.33 Å². The van der Waals surface area contributed by atoms with Crippen LogP contribution in [0.2, 0.25) is 0 Å². The Labute approximate surface area is 112 Å². The molecule has 3 rings (SSSR count). The fourth-order valence-electron chi connectivity index (χ4n) is 2.17. The van der Waals surface area contributed by atoms with E-state index in [1.807, 2.05) is 6.20 Å². The van der Waals surface area contributed by atoms with Crippen molar-refractivity contribution in [1.29, 1.82) is 0 Å². The summed E-state index contributed by atoms with van der Waals surface area (Å²) in [5.74, 6) is 3.05. The van der Waals surface area contributed by atoms with Crippen molar-refractivity contribution in [3.05, 3.63) is 23.9 Å². The van der Waals surface area contributed by atoms with Crippen LogP contribution < -0.4 is 4.90 Å². The van der Waals surface area contributed by atoms with E-state index in [1.165, 1.54) is 50.2 Å². The molecule has 0 aromatic carbocycles. The van der Waals surface area contributed by atoms with E-state index in [1.54, 1.807) is 0 Å².